The van der Waals surface area contributed by atoms with Crippen LogP contribution in [0, 0.1) is 0 Å². The predicted octanol–water partition coefficient (Wildman–Crippen LogP) is 5.94. The number of aliphatic hydroxyl groups is 2. The highest BCUT2D eigenvalue weighted by atomic mass is 16.4. The minimum atomic E-state index is -1.47. The fourth-order valence-electron chi connectivity index (χ4n) is 5.75. The Kier molecular flexibility index (Phi) is 4.05. The van der Waals surface area contributed by atoms with Gasteiger partial charge in [0.05, 0.1) is 0 Å². The van der Waals surface area contributed by atoms with E-state index in [0.717, 1.165) is 46.2 Å². The molecule has 0 saturated heterocycles. The van der Waals surface area contributed by atoms with E-state index in [1.54, 1.807) is 13.8 Å². The van der Waals surface area contributed by atoms with Crippen molar-refractivity contribution in [2.45, 2.75) is 37.9 Å². The molecule has 0 bridgehead atoms. The molecule has 2 N–H and O–H groups in total. The largest absolute Gasteiger partial charge is 0.382 e. The molecule has 0 fully saturated rings. The molecule has 32 heavy (non-hydrogen) atoms. The normalized spacial score (nSPS) is 17.0. The molecule has 2 atom stereocenters. The van der Waals surface area contributed by atoms with Gasteiger partial charge in [0.25, 0.3) is 0 Å². The maximum atomic E-state index is 12.0. The number of benzene rings is 4. The van der Waals surface area contributed by atoms with Gasteiger partial charge < -0.3 is 10.2 Å². The van der Waals surface area contributed by atoms with Gasteiger partial charge in [-0.15, -0.1) is 0 Å². The van der Waals surface area contributed by atoms with Crippen LogP contribution >= 0.6 is 0 Å². The second-order valence-electron chi connectivity index (χ2n) is 9.48. The summed E-state index contributed by atoms with van der Waals surface area (Å²) in [6, 6.07) is 29.0. The van der Waals surface area contributed by atoms with E-state index in [1.807, 2.05) is 24.3 Å². The Bertz CT molecular complexity index is 1270. The summed E-state index contributed by atoms with van der Waals surface area (Å²) in [6.07, 6.45) is 1.54. The summed E-state index contributed by atoms with van der Waals surface area (Å²) < 4.78 is 0. The fraction of sp³-hybridized carbons (Fsp3) is 0.200. The Morgan fingerprint density at radius 3 is 1.31 bits per heavy atom. The van der Waals surface area contributed by atoms with Crippen LogP contribution in [0.1, 0.15) is 47.2 Å². The second-order valence-corrected chi connectivity index (χ2v) is 9.48. The van der Waals surface area contributed by atoms with Crippen molar-refractivity contribution in [3.63, 3.8) is 0 Å². The highest BCUT2D eigenvalue weighted by Crippen LogP contribution is 2.49. The van der Waals surface area contributed by atoms with E-state index < -0.39 is 11.2 Å². The minimum Gasteiger partial charge on any atom is -0.382 e. The molecular weight excluding hydrogens is 392 g/mol. The Balaban J connectivity index is 1.49. The summed E-state index contributed by atoms with van der Waals surface area (Å²) in [5.41, 5.74) is 8.14. The van der Waals surface area contributed by atoms with Crippen LogP contribution in [0.15, 0.2) is 84.9 Å². The third-order valence-electron chi connectivity index (χ3n) is 7.70. The molecule has 0 amide bonds. The van der Waals surface area contributed by atoms with Gasteiger partial charge in [-0.2, -0.15) is 0 Å². The molecule has 0 spiro atoms. The number of hydrogen-bond donors (Lipinski definition) is 2. The molecule has 0 saturated carbocycles. The fourth-order valence-corrected chi connectivity index (χ4v) is 5.75. The van der Waals surface area contributed by atoms with Crippen LogP contribution in [-0.2, 0) is 24.0 Å². The number of hydrogen-bond acceptors (Lipinski definition) is 2. The summed E-state index contributed by atoms with van der Waals surface area (Å²) in [4.78, 5) is 0. The van der Waals surface area contributed by atoms with Crippen LogP contribution in [0.3, 0.4) is 0 Å². The molecule has 4 aromatic carbocycles. The summed E-state index contributed by atoms with van der Waals surface area (Å²) in [5, 5.41) is 24.0. The lowest BCUT2D eigenvalue weighted by Gasteiger charge is -2.41. The summed E-state index contributed by atoms with van der Waals surface area (Å²) in [5.74, 6) is 0. The summed E-state index contributed by atoms with van der Waals surface area (Å²) >= 11 is 0. The molecule has 0 heterocycles. The third kappa shape index (κ3) is 2.54. The zero-order valence-electron chi connectivity index (χ0n) is 18.4. The van der Waals surface area contributed by atoms with Crippen LogP contribution in [0.2, 0.25) is 0 Å². The molecule has 2 aliphatic carbocycles. The number of fused-ring (bicyclic) bond motifs is 6. The van der Waals surface area contributed by atoms with Crippen LogP contribution in [0.5, 0.6) is 0 Å². The van der Waals surface area contributed by atoms with Crippen molar-refractivity contribution in [1.82, 2.24) is 0 Å². The lowest BCUT2D eigenvalue weighted by molar-refractivity contribution is -0.143. The minimum absolute atomic E-state index is 0.770. The first-order valence-electron chi connectivity index (χ1n) is 11.3. The maximum Gasteiger partial charge on any atom is 0.120 e. The Hall–Kier alpha value is -3.20. The van der Waals surface area contributed by atoms with Gasteiger partial charge in [-0.05, 0) is 82.3 Å². The van der Waals surface area contributed by atoms with Gasteiger partial charge in [-0.25, -0.2) is 0 Å². The van der Waals surface area contributed by atoms with Gasteiger partial charge in [-0.1, -0.05) is 84.9 Å². The van der Waals surface area contributed by atoms with Gasteiger partial charge in [0.2, 0.25) is 0 Å². The monoisotopic (exact) mass is 418 g/mol. The van der Waals surface area contributed by atoms with Crippen molar-refractivity contribution < 1.29 is 10.2 Å². The molecule has 0 aliphatic heterocycles. The highest BCUT2D eigenvalue weighted by Gasteiger charge is 2.48. The molecule has 6 rings (SSSR count). The lowest BCUT2D eigenvalue weighted by Crippen LogP contribution is -2.46. The van der Waals surface area contributed by atoms with Crippen molar-refractivity contribution >= 4 is 0 Å². The van der Waals surface area contributed by atoms with E-state index in [0.29, 0.717) is 0 Å². The maximum absolute atomic E-state index is 12.0. The second kappa shape index (κ2) is 6.65. The first-order chi connectivity index (χ1) is 15.4. The Morgan fingerprint density at radius 1 is 0.500 bits per heavy atom. The van der Waals surface area contributed by atoms with E-state index in [9.17, 15) is 10.2 Å². The molecular formula is C30H26O2. The zero-order valence-corrected chi connectivity index (χ0v) is 18.4. The first-order valence-corrected chi connectivity index (χ1v) is 11.3. The van der Waals surface area contributed by atoms with E-state index in [-0.39, 0.29) is 0 Å². The topological polar surface area (TPSA) is 40.5 Å². The molecule has 2 nitrogen and oxygen atoms in total. The van der Waals surface area contributed by atoms with Crippen molar-refractivity contribution in [2.24, 2.45) is 0 Å². The summed E-state index contributed by atoms with van der Waals surface area (Å²) in [6.45, 7) is 3.51. The van der Waals surface area contributed by atoms with Crippen LogP contribution in [0.4, 0.5) is 0 Å². The van der Waals surface area contributed by atoms with Crippen molar-refractivity contribution in [3.8, 4) is 22.3 Å². The van der Waals surface area contributed by atoms with E-state index >= 15 is 0 Å². The highest BCUT2D eigenvalue weighted by molar-refractivity contribution is 5.80. The van der Waals surface area contributed by atoms with E-state index in [2.05, 4.69) is 60.7 Å². The first kappa shape index (κ1) is 19.5. The van der Waals surface area contributed by atoms with Crippen molar-refractivity contribution in [1.29, 1.82) is 0 Å². The van der Waals surface area contributed by atoms with Gasteiger partial charge >= 0.3 is 0 Å². The molecule has 2 heteroatoms. The summed E-state index contributed by atoms with van der Waals surface area (Å²) in [7, 11) is 0. The third-order valence-corrected chi connectivity index (χ3v) is 7.70. The number of rotatable bonds is 3. The Labute approximate surface area is 188 Å². The van der Waals surface area contributed by atoms with Gasteiger partial charge in [0.15, 0.2) is 0 Å². The van der Waals surface area contributed by atoms with Gasteiger partial charge in [0.1, 0.15) is 11.2 Å². The lowest BCUT2D eigenvalue weighted by atomic mass is 9.72. The SMILES string of the molecule is CC(O)(c1cccc2c1Cc1ccccc1-2)C(C)(O)c1cccc2c1Cc1ccccc1-2. The Morgan fingerprint density at radius 2 is 0.875 bits per heavy atom. The van der Waals surface area contributed by atoms with Crippen LogP contribution < -0.4 is 0 Å². The molecule has 158 valence electrons. The van der Waals surface area contributed by atoms with E-state index in [4.69, 9.17) is 0 Å². The smallest absolute Gasteiger partial charge is 0.120 e. The predicted molar refractivity (Wildman–Crippen MR) is 129 cm³/mol. The van der Waals surface area contributed by atoms with Crippen LogP contribution in [0.25, 0.3) is 22.3 Å². The van der Waals surface area contributed by atoms with E-state index in [1.165, 1.54) is 22.3 Å². The molecule has 4 aromatic rings. The molecule has 0 aromatic heterocycles. The van der Waals surface area contributed by atoms with Gasteiger partial charge in [-0.3, -0.25) is 0 Å². The van der Waals surface area contributed by atoms with Gasteiger partial charge in [0, 0.05) is 0 Å². The zero-order chi connectivity index (χ0) is 22.1. The van der Waals surface area contributed by atoms with Crippen molar-refractivity contribution in [2.75, 3.05) is 0 Å². The van der Waals surface area contributed by atoms with Crippen LogP contribution in [-0.4, -0.2) is 10.2 Å². The van der Waals surface area contributed by atoms with Crippen molar-refractivity contribution in [3.05, 3.63) is 118 Å². The standard InChI is InChI=1S/C30H26O2/c1-29(31,27-15-7-13-23-21-11-5-3-9-19(21)17-25(23)27)30(2,32)28-16-8-14-24-22-12-6-4-10-20(22)18-26(24)28/h3-16,31-32H,17-18H2,1-2H3. The average molecular weight is 419 g/mol. The molecule has 2 aliphatic rings. The quantitative estimate of drug-likeness (QED) is 0.373. The molecule has 0 radical (unpaired) electrons. The average Bonchev–Trinajstić information content (AvgIpc) is 3.37. The molecule has 2 unspecified atom stereocenters.